The van der Waals surface area contributed by atoms with Gasteiger partial charge in [-0.25, -0.2) is 4.79 Å². The molecule has 0 fully saturated rings. The Bertz CT molecular complexity index is 468. The van der Waals surface area contributed by atoms with Crippen molar-refractivity contribution >= 4 is 46.8 Å². The Kier molecular flexibility index (Phi) is 5.78. The number of rotatable bonds is 5. The zero-order valence-corrected chi connectivity index (χ0v) is 11.8. The zero-order valence-electron chi connectivity index (χ0n) is 9.44. The molecule has 0 saturated heterocycles. The number of carboxylic acid groups (broad SMARTS) is 1. The van der Waals surface area contributed by atoms with E-state index in [1.54, 1.807) is 12.3 Å². The highest BCUT2D eigenvalue weighted by molar-refractivity contribution is 7.98. The van der Waals surface area contributed by atoms with E-state index in [0.717, 1.165) is 0 Å². The molecule has 98 valence electrons. The molecule has 0 saturated carbocycles. The molecule has 4 nitrogen and oxygen atoms in total. The number of aliphatic carboxylic acids is 1. The van der Waals surface area contributed by atoms with E-state index < -0.39 is 17.9 Å². The predicted octanol–water partition coefficient (Wildman–Crippen LogP) is 2.54. The van der Waals surface area contributed by atoms with Crippen molar-refractivity contribution in [3.05, 3.63) is 33.8 Å². The van der Waals surface area contributed by atoms with Gasteiger partial charge in [0.25, 0.3) is 5.91 Å². The second kappa shape index (κ2) is 6.87. The van der Waals surface area contributed by atoms with E-state index in [0.29, 0.717) is 5.02 Å². The van der Waals surface area contributed by atoms with Crippen molar-refractivity contribution in [2.75, 3.05) is 12.0 Å². The lowest BCUT2D eigenvalue weighted by Crippen LogP contribution is -2.42. The number of hydrogen-bond donors (Lipinski definition) is 2. The Morgan fingerprint density at radius 1 is 1.44 bits per heavy atom. The average molecular weight is 308 g/mol. The number of carbonyl (C=O) groups is 2. The summed E-state index contributed by atoms with van der Waals surface area (Å²) in [7, 11) is 0. The van der Waals surface area contributed by atoms with Gasteiger partial charge < -0.3 is 10.4 Å². The van der Waals surface area contributed by atoms with E-state index in [1.807, 2.05) is 0 Å². The number of carboxylic acids is 1. The minimum atomic E-state index is -1.09. The van der Waals surface area contributed by atoms with Crippen LogP contribution in [0.3, 0.4) is 0 Å². The molecule has 0 unspecified atom stereocenters. The molecule has 1 atom stereocenters. The number of amides is 1. The van der Waals surface area contributed by atoms with E-state index in [2.05, 4.69) is 5.32 Å². The van der Waals surface area contributed by atoms with Gasteiger partial charge in [0.2, 0.25) is 0 Å². The number of hydrogen-bond acceptors (Lipinski definition) is 3. The van der Waals surface area contributed by atoms with Crippen LogP contribution in [0, 0.1) is 0 Å². The molecule has 0 aromatic heterocycles. The highest BCUT2D eigenvalue weighted by Crippen LogP contribution is 2.20. The van der Waals surface area contributed by atoms with Gasteiger partial charge in [-0.2, -0.15) is 11.8 Å². The normalized spacial score (nSPS) is 11.9. The summed E-state index contributed by atoms with van der Waals surface area (Å²) >= 11 is 12.9. The Hall–Kier alpha value is -0.910. The van der Waals surface area contributed by atoms with Crippen LogP contribution in [0.1, 0.15) is 10.4 Å². The Morgan fingerprint density at radius 2 is 2.11 bits per heavy atom. The summed E-state index contributed by atoms with van der Waals surface area (Å²) in [6.07, 6.45) is 1.76. The molecule has 18 heavy (non-hydrogen) atoms. The van der Waals surface area contributed by atoms with Gasteiger partial charge in [0, 0.05) is 10.8 Å². The summed E-state index contributed by atoms with van der Waals surface area (Å²) in [5, 5.41) is 11.9. The third-order valence-corrected chi connectivity index (χ3v) is 3.34. The maximum atomic E-state index is 11.9. The molecule has 1 rings (SSSR count). The molecule has 0 aliphatic rings. The molecule has 0 radical (unpaired) electrons. The summed E-state index contributed by atoms with van der Waals surface area (Å²) in [6.45, 7) is 0. The predicted molar refractivity (Wildman–Crippen MR) is 73.7 cm³/mol. The van der Waals surface area contributed by atoms with Crippen LogP contribution in [0.25, 0.3) is 0 Å². The first-order valence-electron chi connectivity index (χ1n) is 4.93. The van der Waals surface area contributed by atoms with E-state index in [4.69, 9.17) is 28.3 Å². The van der Waals surface area contributed by atoms with Crippen molar-refractivity contribution in [2.24, 2.45) is 0 Å². The molecule has 0 aliphatic carbocycles. The molecule has 0 aliphatic heterocycles. The van der Waals surface area contributed by atoms with Gasteiger partial charge in [-0.15, -0.1) is 0 Å². The van der Waals surface area contributed by atoms with E-state index in [1.165, 1.54) is 23.9 Å². The van der Waals surface area contributed by atoms with E-state index >= 15 is 0 Å². The first-order chi connectivity index (χ1) is 8.45. The average Bonchev–Trinajstić information content (AvgIpc) is 2.31. The highest BCUT2D eigenvalue weighted by Gasteiger charge is 2.21. The monoisotopic (exact) mass is 307 g/mol. The lowest BCUT2D eigenvalue weighted by Gasteiger charge is -2.13. The molecule has 0 spiro atoms. The number of carbonyl (C=O) groups excluding carboxylic acids is 1. The molecule has 1 aromatic rings. The summed E-state index contributed by atoms with van der Waals surface area (Å²) < 4.78 is 0. The van der Waals surface area contributed by atoms with Gasteiger partial charge >= 0.3 is 5.97 Å². The van der Waals surface area contributed by atoms with Crippen molar-refractivity contribution in [3.63, 3.8) is 0 Å². The summed E-state index contributed by atoms with van der Waals surface area (Å²) in [4.78, 5) is 22.8. The van der Waals surface area contributed by atoms with Crippen molar-refractivity contribution in [3.8, 4) is 0 Å². The molecule has 0 bridgehead atoms. The van der Waals surface area contributed by atoms with Crippen molar-refractivity contribution in [1.29, 1.82) is 0 Å². The maximum absolute atomic E-state index is 11.9. The molecule has 0 heterocycles. The van der Waals surface area contributed by atoms with Crippen LogP contribution >= 0.6 is 35.0 Å². The van der Waals surface area contributed by atoms with Gasteiger partial charge in [0.05, 0.1) is 10.6 Å². The molecular weight excluding hydrogens is 297 g/mol. The first-order valence-corrected chi connectivity index (χ1v) is 7.08. The molecule has 2 N–H and O–H groups in total. The fourth-order valence-corrected chi connectivity index (χ4v) is 2.18. The van der Waals surface area contributed by atoms with Crippen molar-refractivity contribution in [1.82, 2.24) is 5.32 Å². The fourth-order valence-electron chi connectivity index (χ4n) is 1.25. The van der Waals surface area contributed by atoms with Gasteiger partial charge in [-0.1, -0.05) is 23.2 Å². The summed E-state index contributed by atoms with van der Waals surface area (Å²) in [5.74, 6) is -1.36. The number of nitrogens with one attached hydrogen (secondary N) is 1. The van der Waals surface area contributed by atoms with Crippen LogP contribution in [0.5, 0.6) is 0 Å². The minimum Gasteiger partial charge on any atom is -0.480 e. The molecule has 1 aromatic carbocycles. The lowest BCUT2D eigenvalue weighted by molar-refractivity contribution is -0.138. The van der Waals surface area contributed by atoms with Gasteiger partial charge in [0.15, 0.2) is 0 Å². The first kappa shape index (κ1) is 15.1. The second-order valence-electron chi connectivity index (χ2n) is 3.44. The Morgan fingerprint density at radius 3 is 2.67 bits per heavy atom. The third kappa shape index (κ3) is 4.08. The standard InChI is InChI=1S/C11H11Cl2NO3S/c1-18-5-9(11(16)17)14-10(15)7-4-6(12)2-3-8(7)13/h2-4,9H,5H2,1H3,(H,14,15)(H,16,17)/t9-/m0/s1. The van der Waals surface area contributed by atoms with Gasteiger partial charge in [0.1, 0.15) is 6.04 Å². The molecule has 7 heteroatoms. The smallest absolute Gasteiger partial charge is 0.327 e. The van der Waals surface area contributed by atoms with Crippen LogP contribution in [-0.4, -0.2) is 35.0 Å². The number of halogens is 2. The fraction of sp³-hybridized carbons (Fsp3) is 0.273. The Balaban J connectivity index is 2.86. The highest BCUT2D eigenvalue weighted by atomic mass is 35.5. The van der Waals surface area contributed by atoms with Crippen LogP contribution in [0.15, 0.2) is 18.2 Å². The topological polar surface area (TPSA) is 66.4 Å². The number of benzene rings is 1. The molecular formula is C11H11Cl2NO3S. The van der Waals surface area contributed by atoms with E-state index in [9.17, 15) is 9.59 Å². The van der Waals surface area contributed by atoms with Crippen LogP contribution in [0.2, 0.25) is 10.0 Å². The third-order valence-electron chi connectivity index (χ3n) is 2.11. The van der Waals surface area contributed by atoms with Crippen LogP contribution < -0.4 is 5.32 Å². The van der Waals surface area contributed by atoms with Crippen LogP contribution in [-0.2, 0) is 4.79 Å². The summed E-state index contributed by atoms with van der Waals surface area (Å²) in [5.41, 5.74) is 0.163. The summed E-state index contributed by atoms with van der Waals surface area (Å²) in [6, 6.07) is 3.49. The largest absolute Gasteiger partial charge is 0.480 e. The molecule has 1 amide bonds. The van der Waals surface area contributed by atoms with Crippen LogP contribution in [0.4, 0.5) is 0 Å². The van der Waals surface area contributed by atoms with Gasteiger partial charge in [-0.3, -0.25) is 4.79 Å². The lowest BCUT2D eigenvalue weighted by atomic mass is 10.2. The second-order valence-corrected chi connectivity index (χ2v) is 5.20. The van der Waals surface area contributed by atoms with Crippen molar-refractivity contribution in [2.45, 2.75) is 6.04 Å². The zero-order chi connectivity index (χ0) is 13.7. The minimum absolute atomic E-state index is 0.163. The van der Waals surface area contributed by atoms with E-state index in [-0.39, 0.29) is 16.3 Å². The maximum Gasteiger partial charge on any atom is 0.327 e. The van der Waals surface area contributed by atoms with Crippen molar-refractivity contribution < 1.29 is 14.7 Å². The Labute approximate surface area is 119 Å². The number of thioether (sulfide) groups is 1. The quantitative estimate of drug-likeness (QED) is 0.877. The SMILES string of the molecule is CSC[C@H](NC(=O)c1cc(Cl)ccc1Cl)C(=O)O. The van der Waals surface area contributed by atoms with Gasteiger partial charge in [-0.05, 0) is 24.5 Å².